The molecule has 146 valence electrons. The van der Waals surface area contributed by atoms with Crippen molar-refractivity contribution in [3.63, 3.8) is 0 Å². The molecule has 2 aromatic rings. The zero-order chi connectivity index (χ0) is 20.2. The van der Waals surface area contributed by atoms with Crippen molar-refractivity contribution in [3.05, 3.63) is 29.8 Å². The van der Waals surface area contributed by atoms with E-state index in [0.717, 1.165) is 17.0 Å². The van der Waals surface area contributed by atoms with E-state index in [1.807, 2.05) is 63.5 Å². The molecule has 0 fully saturated rings. The number of urea groups is 1. The molecule has 0 aliphatic rings. The normalized spacial score (nSPS) is 12.5. The summed E-state index contributed by atoms with van der Waals surface area (Å²) in [6, 6.07) is 7.48. The first-order chi connectivity index (χ1) is 12.6. The number of amides is 3. The first kappa shape index (κ1) is 21.0. The second-order valence-corrected chi connectivity index (χ2v) is 8.63. The van der Waals surface area contributed by atoms with Gasteiger partial charge in [0.05, 0.1) is 5.25 Å². The number of aryl methyl sites for hydroxylation is 1. The maximum absolute atomic E-state index is 12.3. The number of imide groups is 1. The highest BCUT2D eigenvalue weighted by molar-refractivity contribution is 8.00. The lowest BCUT2D eigenvalue weighted by Gasteiger charge is -2.21. The fraction of sp³-hybridized carbons (Fsp3) is 0.474. The fourth-order valence-electron chi connectivity index (χ4n) is 2.48. The third kappa shape index (κ3) is 5.56. The van der Waals surface area contributed by atoms with Crippen molar-refractivity contribution in [1.29, 1.82) is 0 Å². The van der Waals surface area contributed by atoms with E-state index in [9.17, 15) is 9.59 Å². The highest BCUT2D eigenvalue weighted by Crippen LogP contribution is 2.28. The van der Waals surface area contributed by atoms with Crippen LogP contribution in [0.5, 0.6) is 0 Å². The van der Waals surface area contributed by atoms with Gasteiger partial charge in [0, 0.05) is 17.6 Å². The monoisotopic (exact) mass is 389 g/mol. The number of nitrogens with one attached hydrogen (secondary N) is 2. The summed E-state index contributed by atoms with van der Waals surface area (Å²) in [7, 11) is 0. The van der Waals surface area contributed by atoms with Crippen LogP contribution in [0.4, 0.5) is 4.79 Å². The first-order valence-electron chi connectivity index (χ1n) is 8.91. The van der Waals surface area contributed by atoms with Gasteiger partial charge in [-0.1, -0.05) is 36.0 Å². The van der Waals surface area contributed by atoms with Crippen LogP contribution in [0.3, 0.4) is 0 Å². The van der Waals surface area contributed by atoms with Crippen LogP contribution in [0.25, 0.3) is 11.4 Å². The van der Waals surface area contributed by atoms with E-state index in [-0.39, 0.29) is 5.91 Å². The highest BCUT2D eigenvalue weighted by atomic mass is 32.2. The maximum Gasteiger partial charge on any atom is 0.321 e. The number of carbonyl (C=O) groups is 2. The number of benzene rings is 1. The minimum Gasteiger partial charge on any atom is -0.333 e. The van der Waals surface area contributed by atoms with Gasteiger partial charge in [0.2, 0.25) is 5.91 Å². The number of thioether (sulfide) groups is 1. The van der Waals surface area contributed by atoms with Crippen molar-refractivity contribution in [3.8, 4) is 11.4 Å². The molecule has 2 rings (SSSR count). The van der Waals surface area contributed by atoms with Gasteiger partial charge in [-0.2, -0.15) is 0 Å². The molecular weight excluding hydrogens is 362 g/mol. The summed E-state index contributed by atoms with van der Waals surface area (Å²) in [6.07, 6.45) is 0. The number of aromatic nitrogens is 3. The van der Waals surface area contributed by atoms with E-state index in [0.29, 0.717) is 11.7 Å². The van der Waals surface area contributed by atoms with E-state index in [1.165, 1.54) is 11.8 Å². The molecule has 1 aromatic carbocycles. The van der Waals surface area contributed by atoms with Crippen molar-refractivity contribution < 1.29 is 9.59 Å². The molecule has 0 radical (unpaired) electrons. The third-order valence-corrected chi connectivity index (χ3v) is 4.88. The van der Waals surface area contributed by atoms with Crippen molar-refractivity contribution in [2.45, 2.75) is 64.0 Å². The zero-order valence-corrected chi connectivity index (χ0v) is 17.5. The van der Waals surface area contributed by atoms with Gasteiger partial charge in [0.1, 0.15) is 0 Å². The molecule has 1 aromatic heterocycles. The molecular formula is C19H27N5O2S. The molecule has 0 aliphatic carbocycles. The molecule has 1 heterocycles. The first-order valence-corrected chi connectivity index (χ1v) is 9.79. The number of nitrogens with zero attached hydrogens (tertiary/aromatic N) is 3. The molecule has 2 N–H and O–H groups in total. The van der Waals surface area contributed by atoms with Gasteiger partial charge >= 0.3 is 6.03 Å². The molecule has 0 bridgehead atoms. The Hall–Kier alpha value is -2.35. The van der Waals surface area contributed by atoms with E-state index in [1.54, 1.807) is 6.92 Å². The summed E-state index contributed by atoms with van der Waals surface area (Å²) in [6.45, 7) is 12.0. The van der Waals surface area contributed by atoms with E-state index < -0.39 is 16.8 Å². The fourth-order valence-corrected chi connectivity index (χ4v) is 3.39. The molecule has 27 heavy (non-hydrogen) atoms. The van der Waals surface area contributed by atoms with Crippen LogP contribution in [-0.4, -0.2) is 37.5 Å². The highest BCUT2D eigenvalue weighted by Gasteiger charge is 2.23. The van der Waals surface area contributed by atoms with Crippen LogP contribution in [-0.2, 0) is 11.3 Å². The van der Waals surface area contributed by atoms with Crippen molar-refractivity contribution in [1.82, 2.24) is 25.4 Å². The Bertz CT molecular complexity index is 826. The van der Waals surface area contributed by atoms with E-state index in [2.05, 4.69) is 20.8 Å². The lowest BCUT2D eigenvalue weighted by molar-refractivity contribution is -0.119. The van der Waals surface area contributed by atoms with Crippen LogP contribution in [0.1, 0.15) is 40.2 Å². The second kappa shape index (κ2) is 8.56. The summed E-state index contributed by atoms with van der Waals surface area (Å²) in [5.74, 6) is 0.404. The number of carbonyl (C=O) groups excluding carboxylic acids is 2. The minimum absolute atomic E-state index is 0.371. The van der Waals surface area contributed by atoms with E-state index >= 15 is 0 Å². The Morgan fingerprint density at radius 1 is 1.22 bits per heavy atom. The maximum atomic E-state index is 12.3. The molecule has 0 saturated heterocycles. The predicted octanol–water partition coefficient (Wildman–Crippen LogP) is 3.38. The summed E-state index contributed by atoms with van der Waals surface area (Å²) >= 11 is 1.28. The van der Waals surface area contributed by atoms with Gasteiger partial charge in [-0.3, -0.25) is 10.1 Å². The predicted molar refractivity (Wildman–Crippen MR) is 108 cm³/mol. The molecule has 7 nitrogen and oxygen atoms in total. The Morgan fingerprint density at radius 3 is 2.48 bits per heavy atom. The number of rotatable bonds is 5. The minimum atomic E-state index is -0.502. The van der Waals surface area contributed by atoms with Gasteiger partial charge in [-0.15, -0.1) is 10.2 Å². The van der Waals surface area contributed by atoms with Gasteiger partial charge in [0.25, 0.3) is 0 Å². The van der Waals surface area contributed by atoms with Crippen molar-refractivity contribution >= 4 is 23.7 Å². The van der Waals surface area contributed by atoms with E-state index in [4.69, 9.17) is 0 Å². The second-order valence-electron chi connectivity index (χ2n) is 7.32. The van der Waals surface area contributed by atoms with Gasteiger partial charge in [0.15, 0.2) is 11.0 Å². The van der Waals surface area contributed by atoms with Crippen LogP contribution >= 0.6 is 11.8 Å². The molecule has 0 saturated carbocycles. The zero-order valence-electron chi connectivity index (χ0n) is 16.7. The smallest absolute Gasteiger partial charge is 0.321 e. The largest absolute Gasteiger partial charge is 0.333 e. The van der Waals surface area contributed by atoms with Gasteiger partial charge < -0.3 is 9.88 Å². The van der Waals surface area contributed by atoms with Gasteiger partial charge in [-0.05, 0) is 47.1 Å². The van der Waals surface area contributed by atoms with Crippen molar-refractivity contribution in [2.75, 3.05) is 0 Å². The number of hydrogen-bond acceptors (Lipinski definition) is 5. The van der Waals surface area contributed by atoms with Crippen molar-refractivity contribution in [2.24, 2.45) is 0 Å². The van der Waals surface area contributed by atoms with Crippen LogP contribution in [0.15, 0.2) is 29.4 Å². The summed E-state index contributed by atoms with van der Waals surface area (Å²) < 4.78 is 1.98. The Morgan fingerprint density at radius 2 is 1.89 bits per heavy atom. The topological polar surface area (TPSA) is 88.9 Å². The Kier molecular flexibility index (Phi) is 6.64. The average Bonchev–Trinajstić information content (AvgIpc) is 2.95. The molecule has 0 unspecified atom stereocenters. The molecule has 0 aliphatic heterocycles. The lowest BCUT2D eigenvalue weighted by atomic mass is 10.1. The average molecular weight is 390 g/mol. The van der Waals surface area contributed by atoms with Gasteiger partial charge in [-0.25, -0.2) is 4.79 Å². The number of hydrogen-bond donors (Lipinski definition) is 2. The molecule has 8 heteroatoms. The van der Waals surface area contributed by atoms with Crippen LogP contribution < -0.4 is 10.6 Å². The van der Waals surface area contributed by atoms with Crippen LogP contribution in [0, 0.1) is 6.92 Å². The summed E-state index contributed by atoms with van der Waals surface area (Å²) in [4.78, 5) is 24.2. The molecule has 1 atom stereocenters. The quantitative estimate of drug-likeness (QED) is 0.765. The molecule has 0 spiro atoms. The summed E-state index contributed by atoms with van der Waals surface area (Å²) in [5.41, 5.74) is 1.71. The Balaban J connectivity index is 2.12. The Labute approximate surface area is 164 Å². The standard InChI is InChI=1S/C19H27N5O2S/c1-7-24-15(14-11-9-8-10-12(14)2)22-23-18(24)27-13(3)16(25)20-17(26)21-19(4,5)6/h8-11,13H,7H2,1-6H3,(H2,20,21,25,26)/t13-/m0/s1. The third-order valence-electron chi connectivity index (χ3n) is 3.80. The SMILES string of the molecule is CCn1c(S[C@@H](C)C(=O)NC(=O)NC(C)(C)C)nnc1-c1ccccc1C. The summed E-state index contributed by atoms with van der Waals surface area (Å²) in [5, 5.41) is 13.8. The van der Waals surface area contributed by atoms with Crippen LogP contribution in [0.2, 0.25) is 0 Å². The molecule has 3 amide bonds. The lowest BCUT2D eigenvalue weighted by Crippen LogP contribution is -2.49.